The topological polar surface area (TPSA) is 38.8 Å². The molecule has 4 nitrogen and oxygen atoms in total. The molecule has 0 aliphatic carbocycles. The quantitative estimate of drug-likeness (QED) is 0.764. The molecule has 1 atom stereocenters. The van der Waals surface area contributed by atoms with Crippen molar-refractivity contribution in [3.8, 4) is 11.5 Å². The van der Waals surface area contributed by atoms with Crippen LogP contribution >= 0.6 is 11.6 Å². The van der Waals surface area contributed by atoms with Crippen LogP contribution in [-0.2, 0) is 4.79 Å². The second-order valence-electron chi connectivity index (χ2n) is 6.19. The molecule has 1 fully saturated rings. The summed E-state index contributed by atoms with van der Waals surface area (Å²) < 4.78 is 10.7. The predicted octanol–water partition coefficient (Wildman–Crippen LogP) is 4.45. The Hall–Kier alpha value is -2.46. The third-order valence-corrected chi connectivity index (χ3v) is 4.86. The van der Waals surface area contributed by atoms with Gasteiger partial charge in [-0.25, -0.2) is 0 Å². The molecular weight excluding hydrogens is 338 g/mol. The molecular formula is C20H18ClNO3. The van der Waals surface area contributed by atoms with Crippen LogP contribution < -0.4 is 9.47 Å². The van der Waals surface area contributed by atoms with Gasteiger partial charge in [-0.1, -0.05) is 29.8 Å². The Morgan fingerprint density at radius 3 is 2.76 bits per heavy atom. The van der Waals surface area contributed by atoms with Crippen LogP contribution in [-0.4, -0.2) is 24.1 Å². The Morgan fingerprint density at radius 1 is 1.12 bits per heavy atom. The van der Waals surface area contributed by atoms with Gasteiger partial charge in [0.05, 0.1) is 6.04 Å². The predicted molar refractivity (Wildman–Crippen MR) is 96.7 cm³/mol. The Kier molecular flexibility index (Phi) is 4.36. The minimum absolute atomic E-state index is 0.0233. The molecule has 2 aromatic carbocycles. The van der Waals surface area contributed by atoms with Gasteiger partial charge in [0.25, 0.3) is 0 Å². The highest BCUT2D eigenvalue weighted by molar-refractivity contribution is 6.30. The molecule has 128 valence electrons. The number of halogens is 1. The number of amides is 1. The Morgan fingerprint density at radius 2 is 1.92 bits per heavy atom. The molecule has 0 saturated carbocycles. The van der Waals surface area contributed by atoms with Crippen molar-refractivity contribution >= 4 is 23.6 Å². The van der Waals surface area contributed by atoms with E-state index in [1.54, 1.807) is 6.08 Å². The molecule has 0 bridgehead atoms. The zero-order chi connectivity index (χ0) is 17.2. The first kappa shape index (κ1) is 16.0. The second-order valence-corrected chi connectivity index (χ2v) is 6.62. The van der Waals surface area contributed by atoms with E-state index in [0.29, 0.717) is 5.02 Å². The molecule has 2 aliphatic rings. The molecule has 0 aromatic heterocycles. The van der Waals surface area contributed by atoms with Gasteiger partial charge in [0.15, 0.2) is 11.5 Å². The molecule has 0 radical (unpaired) electrons. The van der Waals surface area contributed by atoms with Gasteiger partial charge in [-0.3, -0.25) is 4.79 Å². The van der Waals surface area contributed by atoms with Crippen molar-refractivity contribution in [1.82, 2.24) is 4.90 Å². The molecule has 1 unspecified atom stereocenters. The standard InChI is InChI=1S/C20H18ClNO3/c21-16-7-5-15(6-8-16)17-2-1-11-22(17)20(23)10-4-14-3-9-18-19(12-14)25-13-24-18/h3-10,12,17H,1-2,11,13H2/b10-4+. The van der Waals surface area contributed by atoms with E-state index < -0.39 is 0 Å². The smallest absolute Gasteiger partial charge is 0.247 e. The molecule has 25 heavy (non-hydrogen) atoms. The molecule has 1 saturated heterocycles. The van der Waals surface area contributed by atoms with Crippen LogP contribution in [0.2, 0.25) is 5.02 Å². The number of fused-ring (bicyclic) bond motifs is 1. The molecule has 2 aliphatic heterocycles. The fourth-order valence-corrected chi connectivity index (χ4v) is 3.47. The first-order valence-corrected chi connectivity index (χ1v) is 8.72. The maximum atomic E-state index is 12.7. The zero-order valence-corrected chi connectivity index (χ0v) is 14.4. The summed E-state index contributed by atoms with van der Waals surface area (Å²) in [6.07, 6.45) is 5.44. The lowest BCUT2D eigenvalue weighted by Gasteiger charge is -2.24. The van der Waals surface area contributed by atoms with Crippen molar-refractivity contribution in [3.05, 3.63) is 64.7 Å². The highest BCUT2D eigenvalue weighted by Crippen LogP contribution is 2.34. The van der Waals surface area contributed by atoms with Gasteiger partial charge >= 0.3 is 0 Å². The molecule has 4 rings (SSSR count). The van der Waals surface area contributed by atoms with Crippen molar-refractivity contribution in [2.75, 3.05) is 13.3 Å². The van der Waals surface area contributed by atoms with Crippen LogP contribution in [0.5, 0.6) is 11.5 Å². The summed E-state index contributed by atoms with van der Waals surface area (Å²) in [5.41, 5.74) is 2.05. The lowest BCUT2D eigenvalue weighted by molar-refractivity contribution is -0.126. The average molecular weight is 356 g/mol. The summed E-state index contributed by atoms with van der Waals surface area (Å²) in [5.74, 6) is 1.48. The van der Waals surface area contributed by atoms with E-state index in [1.165, 1.54) is 0 Å². The molecule has 2 heterocycles. The number of likely N-dealkylation sites (tertiary alicyclic amines) is 1. The highest BCUT2D eigenvalue weighted by atomic mass is 35.5. The van der Waals surface area contributed by atoms with E-state index in [9.17, 15) is 4.79 Å². The number of hydrogen-bond acceptors (Lipinski definition) is 3. The number of hydrogen-bond donors (Lipinski definition) is 0. The van der Waals surface area contributed by atoms with E-state index >= 15 is 0 Å². The van der Waals surface area contributed by atoms with E-state index in [4.69, 9.17) is 21.1 Å². The summed E-state index contributed by atoms with van der Waals surface area (Å²) in [6, 6.07) is 13.5. The fraction of sp³-hybridized carbons (Fsp3) is 0.250. The van der Waals surface area contributed by atoms with Gasteiger partial charge in [-0.2, -0.15) is 0 Å². The minimum atomic E-state index is 0.0233. The van der Waals surface area contributed by atoms with Crippen molar-refractivity contribution in [3.63, 3.8) is 0 Å². The van der Waals surface area contributed by atoms with Gasteiger partial charge in [-0.15, -0.1) is 0 Å². The van der Waals surface area contributed by atoms with E-state index in [0.717, 1.165) is 42.0 Å². The monoisotopic (exact) mass is 355 g/mol. The first-order valence-electron chi connectivity index (χ1n) is 8.34. The van der Waals surface area contributed by atoms with Crippen LogP contribution in [0.25, 0.3) is 6.08 Å². The largest absolute Gasteiger partial charge is 0.454 e. The van der Waals surface area contributed by atoms with Gasteiger partial charge in [0.1, 0.15) is 0 Å². The normalized spacial score (nSPS) is 18.9. The van der Waals surface area contributed by atoms with Crippen molar-refractivity contribution in [1.29, 1.82) is 0 Å². The highest BCUT2D eigenvalue weighted by Gasteiger charge is 2.28. The number of rotatable bonds is 3. The average Bonchev–Trinajstić information content (AvgIpc) is 3.29. The van der Waals surface area contributed by atoms with Gasteiger partial charge in [0.2, 0.25) is 12.7 Å². The van der Waals surface area contributed by atoms with Gasteiger partial charge in [-0.05, 0) is 54.3 Å². The number of carbonyl (C=O) groups is 1. The maximum Gasteiger partial charge on any atom is 0.247 e. The first-order chi connectivity index (χ1) is 12.2. The summed E-state index contributed by atoms with van der Waals surface area (Å²) in [5, 5.41) is 0.710. The van der Waals surface area contributed by atoms with Crippen LogP contribution in [0.3, 0.4) is 0 Å². The van der Waals surface area contributed by atoms with Crippen molar-refractivity contribution in [2.45, 2.75) is 18.9 Å². The fourth-order valence-electron chi connectivity index (χ4n) is 3.34. The third-order valence-electron chi connectivity index (χ3n) is 4.61. The number of nitrogens with zero attached hydrogens (tertiary/aromatic N) is 1. The van der Waals surface area contributed by atoms with Crippen LogP contribution in [0.4, 0.5) is 0 Å². The summed E-state index contributed by atoms with van der Waals surface area (Å²) in [7, 11) is 0. The van der Waals surface area contributed by atoms with Crippen LogP contribution in [0, 0.1) is 0 Å². The zero-order valence-electron chi connectivity index (χ0n) is 13.7. The lowest BCUT2D eigenvalue weighted by Crippen LogP contribution is -2.28. The molecule has 1 amide bonds. The Labute approximate surface area is 151 Å². The summed E-state index contributed by atoms with van der Waals surface area (Å²) >= 11 is 5.96. The summed E-state index contributed by atoms with van der Waals surface area (Å²) in [6.45, 7) is 1.02. The number of carbonyl (C=O) groups excluding carboxylic acids is 1. The van der Waals surface area contributed by atoms with E-state index in [-0.39, 0.29) is 18.7 Å². The maximum absolute atomic E-state index is 12.7. The van der Waals surface area contributed by atoms with E-state index in [2.05, 4.69) is 0 Å². The number of benzene rings is 2. The Bertz CT molecular complexity index is 816. The van der Waals surface area contributed by atoms with E-state index in [1.807, 2.05) is 53.4 Å². The lowest BCUT2D eigenvalue weighted by atomic mass is 10.0. The van der Waals surface area contributed by atoms with Gasteiger partial charge in [0, 0.05) is 17.6 Å². The SMILES string of the molecule is O=C(/C=C/c1ccc2c(c1)OCO2)N1CCCC1c1ccc(Cl)cc1. The minimum Gasteiger partial charge on any atom is -0.454 e. The third kappa shape index (κ3) is 3.35. The van der Waals surface area contributed by atoms with Crippen molar-refractivity contribution in [2.24, 2.45) is 0 Å². The van der Waals surface area contributed by atoms with Gasteiger partial charge < -0.3 is 14.4 Å². The van der Waals surface area contributed by atoms with Crippen molar-refractivity contribution < 1.29 is 14.3 Å². The molecule has 0 N–H and O–H groups in total. The Balaban J connectivity index is 1.49. The second kappa shape index (κ2) is 6.81. The summed E-state index contributed by atoms with van der Waals surface area (Å²) in [4.78, 5) is 14.6. The molecule has 2 aromatic rings. The number of ether oxygens (including phenoxy) is 2. The van der Waals surface area contributed by atoms with Crippen LogP contribution in [0.15, 0.2) is 48.5 Å². The molecule has 5 heteroatoms. The van der Waals surface area contributed by atoms with Crippen LogP contribution in [0.1, 0.15) is 30.0 Å². The molecule has 0 spiro atoms.